The lowest BCUT2D eigenvalue weighted by Gasteiger charge is -2.18. The summed E-state index contributed by atoms with van der Waals surface area (Å²) in [4.78, 5) is 12.4. The molecule has 0 unspecified atom stereocenters. The summed E-state index contributed by atoms with van der Waals surface area (Å²) >= 11 is 0. The fourth-order valence-corrected chi connectivity index (χ4v) is 2.68. The van der Waals surface area contributed by atoms with Crippen molar-refractivity contribution in [3.05, 3.63) is 65.2 Å². The second-order valence-electron chi connectivity index (χ2n) is 6.07. The molecule has 0 radical (unpaired) electrons. The second kappa shape index (κ2) is 9.32. The Morgan fingerprint density at radius 2 is 1.86 bits per heavy atom. The van der Waals surface area contributed by atoms with Crippen molar-refractivity contribution in [1.29, 1.82) is 5.41 Å². The van der Waals surface area contributed by atoms with Crippen molar-refractivity contribution in [2.24, 2.45) is 5.73 Å². The smallest absolute Gasteiger partial charge is 0.285 e. The summed E-state index contributed by atoms with van der Waals surface area (Å²) in [6, 6.07) is 13.7. The number of nitrogens with one attached hydrogen (secondary N) is 1. The van der Waals surface area contributed by atoms with Gasteiger partial charge in [0.2, 0.25) is 5.96 Å². The highest BCUT2D eigenvalue weighted by atomic mass is 32.2. The van der Waals surface area contributed by atoms with E-state index in [1.54, 1.807) is 48.5 Å². The van der Waals surface area contributed by atoms with Crippen LogP contribution >= 0.6 is 0 Å². The number of carbonyl (C=O) groups is 1. The molecule has 0 aliphatic rings. The molecule has 154 valence electrons. The van der Waals surface area contributed by atoms with E-state index in [-0.39, 0.29) is 17.2 Å². The van der Waals surface area contributed by atoms with Crippen LogP contribution in [0.25, 0.3) is 6.08 Å². The zero-order valence-corrected chi connectivity index (χ0v) is 16.6. The molecule has 9 nitrogen and oxygen atoms in total. The molecule has 10 heteroatoms. The number of amides is 1. The Balaban J connectivity index is 2.20. The van der Waals surface area contributed by atoms with E-state index in [9.17, 15) is 13.2 Å². The van der Waals surface area contributed by atoms with Crippen LogP contribution in [0.5, 0.6) is 11.5 Å². The Kier molecular flexibility index (Phi) is 7.10. The first-order valence-electron chi connectivity index (χ1n) is 8.33. The molecule has 0 aliphatic carbocycles. The highest BCUT2D eigenvalue weighted by Crippen LogP contribution is 2.24. The van der Waals surface area contributed by atoms with Crippen LogP contribution in [0.15, 0.2) is 54.1 Å². The number of rotatable bonds is 7. The van der Waals surface area contributed by atoms with Gasteiger partial charge in [0.1, 0.15) is 11.5 Å². The van der Waals surface area contributed by atoms with E-state index in [1.165, 1.54) is 13.0 Å². The van der Waals surface area contributed by atoms with E-state index in [0.717, 1.165) is 11.8 Å². The van der Waals surface area contributed by atoms with Crippen molar-refractivity contribution in [2.45, 2.75) is 13.5 Å². The molecular formula is C19H21N3O6S. The van der Waals surface area contributed by atoms with Crippen molar-refractivity contribution >= 4 is 28.1 Å². The van der Waals surface area contributed by atoms with Crippen LogP contribution in [0, 0.1) is 5.41 Å². The lowest BCUT2D eigenvalue weighted by Crippen LogP contribution is -2.42. The summed E-state index contributed by atoms with van der Waals surface area (Å²) in [7, 11) is -4.04. The third kappa shape index (κ3) is 6.71. The highest BCUT2D eigenvalue weighted by Gasteiger charge is 2.23. The summed E-state index contributed by atoms with van der Waals surface area (Å²) < 4.78 is 32.8. The van der Waals surface area contributed by atoms with E-state index in [0.29, 0.717) is 17.1 Å². The van der Waals surface area contributed by atoms with E-state index in [4.69, 9.17) is 21.0 Å². The molecule has 0 heterocycles. The predicted molar refractivity (Wildman–Crippen MR) is 107 cm³/mol. The minimum absolute atomic E-state index is 0.0613. The van der Waals surface area contributed by atoms with Crippen LogP contribution in [0.4, 0.5) is 0 Å². The zero-order chi connectivity index (χ0) is 21.6. The van der Waals surface area contributed by atoms with Crippen LogP contribution in [0.3, 0.4) is 0 Å². The fraction of sp³-hybridized carbons (Fsp3) is 0.158. The summed E-state index contributed by atoms with van der Waals surface area (Å²) in [5.74, 6) is -0.683. The van der Waals surface area contributed by atoms with Crippen LogP contribution in [0.2, 0.25) is 0 Å². The normalized spacial score (nSPS) is 11.8. The Bertz CT molecular complexity index is 1030. The number of nitrogens with two attached hydrogens (primary N) is 1. The molecule has 0 saturated carbocycles. The first kappa shape index (κ1) is 22.1. The summed E-state index contributed by atoms with van der Waals surface area (Å²) in [6.45, 7) is 1.37. The van der Waals surface area contributed by atoms with Gasteiger partial charge in [0, 0.05) is 5.57 Å². The Morgan fingerprint density at radius 1 is 1.21 bits per heavy atom. The van der Waals surface area contributed by atoms with Crippen molar-refractivity contribution < 1.29 is 27.3 Å². The topological polar surface area (TPSA) is 143 Å². The van der Waals surface area contributed by atoms with E-state index in [1.807, 2.05) is 0 Å². The average Bonchev–Trinajstić information content (AvgIpc) is 2.65. The van der Waals surface area contributed by atoms with Crippen LogP contribution in [-0.4, -0.2) is 36.7 Å². The maximum atomic E-state index is 12.4. The van der Waals surface area contributed by atoms with Gasteiger partial charge in [-0.3, -0.25) is 10.2 Å². The summed E-state index contributed by atoms with van der Waals surface area (Å²) in [6.07, 6.45) is 2.22. The number of hydrogen-bond acceptors (Lipinski definition) is 7. The predicted octanol–water partition coefficient (Wildman–Crippen LogP) is 1.99. The molecule has 0 aliphatic heterocycles. The van der Waals surface area contributed by atoms with Gasteiger partial charge in [-0.25, -0.2) is 0 Å². The standard InChI is InChI=1S/C19H21N3O6S/c1-13(18(24)22(19(20)21)28-29(2,25)26)10-15-4-3-5-17(11-15)27-16-8-6-14(12-23)7-9-16/h3-11,23H,12H2,1-2H3,(H3,20,21)/b13-10+. The molecule has 0 bridgehead atoms. The molecule has 29 heavy (non-hydrogen) atoms. The van der Waals surface area contributed by atoms with Crippen molar-refractivity contribution in [3.8, 4) is 11.5 Å². The molecule has 0 atom stereocenters. The molecular weight excluding hydrogens is 398 g/mol. The Morgan fingerprint density at radius 3 is 2.41 bits per heavy atom. The van der Waals surface area contributed by atoms with Gasteiger partial charge in [-0.2, -0.15) is 8.42 Å². The minimum Gasteiger partial charge on any atom is -0.457 e. The number of ether oxygens (including phenoxy) is 1. The van der Waals surface area contributed by atoms with Gasteiger partial charge in [-0.15, -0.1) is 9.35 Å². The molecule has 0 saturated heterocycles. The highest BCUT2D eigenvalue weighted by molar-refractivity contribution is 7.85. The van der Waals surface area contributed by atoms with Gasteiger partial charge in [0.05, 0.1) is 12.9 Å². The monoisotopic (exact) mass is 419 g/mol. The van der Waals surface area contributed by atoms with E-state index < -0.39 is 22.0 Å². The Hall–Kier alpha value is -3.21. The fourth-order valence-electron chi connectivity index (χ4n) is 2.26. The lowest BCUT2D eigenvalue weighted by atomic mass is 10.1. The van der Waals surface area contributed by atoms with Crippen LogP contribution in [0.1, 0.15) is 18.1 Å². The molecule has 0 aromatic heterocycles. The largest absolute Gasteiger partial charge is 0.457 e. The van der Waals surface area contributed by atoms with Gasteiger partial charge in [-0.05, 0) is 48.4 Å². The molecule has 4 N–H and O–H groups in total. The second-order valence-corrected chi connectivity index (χ2v) is 7.62. The van der Waals surface area contributed by atoms with E-state index >= 15 is 0 Å². The maximum absolute atomic E-state index is 12.4. The molecule has 2 aromatic rings. The van der Waals surface area contributed by atoms with E-state index in [2.05, 4.69) is 4.28 Å². The number of hydrogen-bond donors (Lipinski definition) is 3. The van der Waals surface area contributed by atoms with Crippen molar-refractivity contribution in [3.63, 3.8) is 0 Å². The number of aliphatic hydroxyl groups is 1. The van der Waals surface area contributed by atoms with Gasteiger partial charge >= 0.3 is 0 Å². The number of benzene rings is 2. The first-order chi connectivity index (χ1) is 13.6. The van der Waals surface area contributed by atoms with Crippen LogP contribution in [-0.2, 0) is 25.8 Å². The Labute approximate surface area is 168 Å². The van der Waals surface area contributed by atoms with Crippen molar-refractivity contribution in [1.82, 2.24) is 5.06 Å². The first-order valence-corrected chi connectivity index (χ1v) is 10.1. The minimum atomic E-state index is -4.04. The molecule has 2 aromatic carbocycles. The maximum Gasteiger partial charge on any atom is 0.285 e. The number of guanidine groups is 1. The number of hydroxylamine groups is 2. The SMILES string of the molecule is C/C(=C\c1cccc(Oc2ccc(CO)cc2)c1)C(=O)N(OS(C)(=O)=O)C(=N)N. The third-order valence-electron chi connectivity index (χ3n) is 3.53. The third-order valence-corrected chi connectivity index (χ3v) is 3.95. The number of nitrogens with zero attached hydrogens (tertiary/aromatic N) is 1. The molecule has 2 rings (SSSR count). The molecule has 0 spiro atoms. The average molecular weight is 419 g/mol. The summed E-state index contributed by atoms with van der Waals surface area (Å²) in [5.41, 5.74) is 6.69. The van der Waals surface area contributed by atoms with Gasteiger partial charge in [-0.1, -0.05) is 24.3 Å². The van der Waals surface area contributed by atoms with Gasteiger partial charge in [0.15, 0.2) is 0 Å². The van der Waals surface area contributed by atoms with Gasteiger partial charge in [0.25, 0.3) is 16.0 Å². The number of aliphatic hydroxyl groups excluding tert-OH is 1. The number of carbonyl (C=O) groups excluding carboxylic acids is 1. The van der Waals surface area contributed by atoms with Gasteiger partial charge < -0.3 is 15.6 Å². The zero-order valence-electron chi connectivity index (χ0n) is 15.8. The quantitative estimate of drug-likeness (QED) is 0.269. The summed E-state index contributed by atoms with van der Waals surface area (Å²) in [5, 5.41) is 16.6. The molecule has 1 amide bonds. The van der Waals surface area contributed by atoms with Crippen LogP contribution < -0.4 is 10.5 Å². The van der Waals surface area contributed by atoms with Crippen molar-refractivity contribution in [2.75, 3.05) is 6.26 Å². The molecule has 0 fully saturated rings. The lowest BCUT2D eigenvalue weighted by molar-refractivity contribution is -0.139.